The van der Waals surface area contributed by atoms with Crippen LogP contribution in [-0.2, 0) is 0 Å². The monoisotopic (exact) mass is 325 g/mol. The van der Waals surface area contributed by atoms with Crippen molar-refractivity contribution in [2.75, 3.05) is 13.7 Å². The van der Waals surface area contributed by atoms with Gasteiger partial charge in [0.15, 0.2) is 0 Å². The summed E-state index contributed by atoms with van der Waals surface area (Å²) in [5.74, 6) is 1.20. The molecule has 0 heterocycles. The third-order valence-electron chi connectivity index (χ3n) is 3.68. The van der Waals surface area contributed by atoms with Gasteiger partial charge in [-0.05, 0) is 37.0 Å². The standard InChI is InChI=1S/C15H20BrNO2/c1-19-14-9-12(16)7-8-13(14)15(18)17-10-11-5-3-2-4-6-11/h7-9,11H,2-6,10H2,1H3,(H,17,18). The maximum atomic E-state index is 12.2. The Kier molecular flexibility index (Phi) is 5.25. The zero-order chi connectivity index (χ0) is 13.7. The van der Waals surface area contributed by atoms with Gasteiger partial charge < -0.3 is 10.1 Å². The van der Waals surface area contributed by atoms with E-state index in [0.717, 1.165) is 11.0 Å². The first-order valence-corrected chi connectivity index (χ1v) is 7.61. The second-order valence-corrected chi connectivity index (χ2v) is 5.97. The fourth-order valence-corrected chi connectivity index (χ4v) is 2.92. The maximum absolute atomic E-state index is 12.2. The molecular formula is C15H20BrNO2. The van der Waals surface area contributed by atoms with Gasteiger partial charge in [-0.2, -0.15) is 0 Å². The molecule has 1 aliphatic carbocycles. The molecule has 1 saturated carbocycles. The van der Waals surface area contributed by atoms with Gasteiger partial charge in [-0.25, -0.2) is 0 Å². The van der Waals surface area contributed by atoms with Gasteiger partial charge in [0, 0.05) is 11.0 Å². The van der Waals surface area contributed by atoms with Crippen LogP contribution in [0, 0.1) is 5.92 Å². The van der Waals surface area contributed by atoms with Crippen LogP contribution < -0.4 is 10.1 Å². The van der Waals surface area contributed by atoms with Gasteiger partial charge in [-0.1, -0.05) is 35.2 Å². The van der Waals surface area contributed by atoms with E-state index in [9.17, 15) is 4.79 Å². The average Bonchev–Trinajstić information content (AvgIpc) is 2.45. The fourth-order valence-electron chi connectivity index (χ4n) is 2.58. The normalized spacial score (nSPS) is 16.1. The lowest BCUT2D eigenvalue weighted by atomic mass is 9.89. The molecule has 0 saturated heterocycles. The molecule has 1 aromatic rings. The molecule has 1 aliphatic rings. The van der Waals surface area contributed by atoms with E-state index in [-0.39, 0.29) is 5.91 Å². The summed E-state index contributed by atoms with van der Waals surface area (Å²) in [5, 5.41) is 3.03. The van der Waals surface area contributed by atoms with Crippen LogP contribution in [-0.4, -0.2) is 19.6 Å². The molecule has 3 nitrogen and oxygen atoms in total. The third kappa shape index (κ3) is 3.96. The van der Waals surface area contributed by atoms with E-state index in [4.69, 9.17) is 4.74 Å². The van der Waals surface area contributed by atoms with Crippen molar-refractivity contribution in [1.82, 2.24) is 5.32 Å². The summed E-state index contributed by atoms with van der Waals surface area (Å²) in [6.07, 6.45) is 6.39. The SMILES string of the molecule is COc1cc(Br)ccc1C(=O)NCC1CCCCC1. The predicted octanol–water partition coefficient (Wildman–Crippen LogP) is 3.77. The van der Waals surface area contributed by atoms with Crippen molar-refractivity contribution < 1.29 is 9.53 Å². The number of benzene rings is 1. The number of rotatable bonds is 4. The van der Waals surface area contributed by atoms with Crippen LogP contribution in [0.25, 0.3) is 0 Å². The molecular weight excluding hydrogens is 306 g/mol. The molecule has 1 fully saturated rings. The zero-order valence-electron chi connectivity index (χ0n) is 11.2. The smallest absolute Gasteiger partial charge is 0.255 e. The topological polar surface area (TPSA) is 38.3 Å². The summed E-state index contributed by atoms with van der Waals surface area (Å²) in [6, 6.07) is 5.46. The number of halogens is 1. The van der Waals surface area contributed by atoms with Crippen molar-refractivity contribution in [2.45, 2.75) is 32.1 Å². The van der Waals surface area contributed by atoms with E-state index in [1.54, 1.807) is 13.2 Å². The quantitative estimate of drug-likeness (QED) is 0.915. The van der Waals surface area contributed by atoms with Gasteiger partial charge in [-0.3, -0.25) is 4.79 Å². The fraction of sp³-hybridized carbons (Fsp3) is 0.533. The van der Waals surface area contributed by atoms with Crippen LogP contribution in [0.4, 0.5) is 0 Å². The summed E-state index contributed by atoms with van der Waals surface area (Å²) in [6.45, 7) is 0.776. The molecule has 0 bridgehead atoms. The lowest BCUT2D eigenvalue weighted by molar-refractivity contribution is 0.0940. The van der Waals surface area contributed by atoms with Gasteiger partial charge >= 0.3 is 0 Å². The van der Waals surface area contributed by atoms with Crippen molar-refractivity contribution in [3.05, 3.63) is 28.2 Å². The number of hydrogen-bond donors (Lipinski definition) is 1. The Morgan fingerprint density at radius 1 is 1.37 bits per heavy atom. The second kappa shape index (κ2) is 6.94. The van der Waals surface area contributed by atoms with Gasteiger partial charge in [-0.15, -0.1) is 0 Å². The summed E-state index contributed by atoms with van der Waals surface area (Å²) in [4.78, 5) is 12.2. The second-order valence-electron chi connectivity index (χ2n) is 5.06. The van der Waals surface area contributed by atoms with Gasteiger partial charge in [0.05, 0.1) is 12.7 Å². The lowest BCUT2D eigenvalue weighted by Crippen LogP contribution is -2.30. The zero-order valence-corrected chi connectivity index (χ0v) is 12.8. The number of hydrogen-bond acceptors (Lipinski definition) is 2. The van der Waals surface area contributed by atoms with Crippen LogP contribution in [0.5, 0.6) is 5.75 Å². The Labute approximate surface area is 122 Å². The molecule has 0 aromatic heterocycles. The number of methoxy groups -OCH3 is 1. The highest BCUT2D eigenvalue weighted by Crippen LogP contribution is 2.25. The number of carbonyl (C=O) groups excluding carboxylic acids is 1. The van der Waals surface area contributed by atoms with Crippen LogP contribution in [0.3, 0.4) is 0 Å². The Hall–Kier alpha value is -1.03. The Morgan fingerprint density at radius 2 is 2.11 bits per heavy atom. The van der Waals surface area contributed by atoms with E-state index in [0.29, 0.717) is 17.2 Å². The summed E-state index contributed by atoms with van der Waals surface area (Å²) in [7, 11) is 1.58. The van der Waals surface area contributed by atoms with E-state index in [1.807, 2.05) is 12.1 Å². The predicted molar refractivity (Wildman–Crippen MR) is 79.6 cm³/mol. The minimum Gasteiger partial charge on any atom is -0.496 e. The van der Waals surface area contributed by atoms with Gasteiger partial charge in [0.1, 0.15) is 5.75 Å². The summed E-state index contributed by atoms with van der Waals surface area (Å²) < 4.78 is 6.16. The van der Waals surface area contributed by atoms with E-state index >= 15 is 0 Å². The van der Waals surface area contributed by atoms with Crippen molar-refractivity contribution in [3.8, 4) is 5.75 Å². The van der Waals surface area contributed by atoms with E-state index < -0.39 is 0 Å². The molecule has 0 atom stereocenters. The Bertz CT molecular complexity index is 442. The Morgan fingerprint density at radius 3 is 2.79 bits per heavy atom. The number of carbonyl (C=O) groups is 1. The van der Waals surface area contributed by atoms with Crippen molar-refractivity contribution in [2.24, 2.45) is 5.92 Å². The highest BCUT2D eigenvalue weighted by Gasteiger charge is 2.16. The highest BCUT2D eigenvalue weighted by atomic mass is 79.9. The maximum Gasteiger partial charge on any atom is 0.255 e. The number of nitrogens with one attached hydrogen (secondary N) is 1. The number of ether oxygens (including phenoxy) is 1. The first-order valence-electron chi connectivity index (χ1n) is 6.82. The lowest BCUT2D eigenvalue weighted by Gasteiger charge is -2.21. The molecule has 19 heavy (non-hydrogen) atoms. The van der Waals surface area contributed by atoms with Crippen LogP contribution in [0.1, 0.15) is 42.5 Å². The molecule has 0 unspecified atom stereocenters. The van der Waals surface area contributed by atoms with Gasteiger partial charge in [0.2, 0.25) is 0 Å². The molecule has 104 valence electrons. The van der Waals surface area contributed by atoms with Crippen LogP contribution in [0.2, 0.25) is 0 Å². The van der Waals surface area contributed by atoms with Crippen molar-refractivity contribution >= 4 is 21.8 Å². The van der Waals surface area contributed by atoms with E-state index in [2.05, 4.69) is 21.2 Å². The Balaban J connectivity index is 1.95. The largest absolute Gasteiger partial charge is 0.496 e. The molecule has 4 heteroatoms. The van der Waals surface area contributed by atoms with Gasteiger partial charge in [0.25, 0.3) is 5.91 Å². The third-order valence-corrected chi connectivity index (χ3v) is 4.18. The summed E-state index contributed by atoms with van der Waals surface area (Å²) >= 11 is 3.38. The minimum absolute atomic E-state index is 0.0464. The molecule has 2 rings (SSSR count). The molecule has 1 N–H and O–H groups in total. The minimum atomic E-state index is -0.0464. The highest BCUT2D eigenvalue weighted by molar-refractivity contribution is 9.10. The average molecular weight is 326 g/mol. The molecule has 0 aliphatic heterocycles. The van der Waals surface area contributed by atoms with Crippen molar-refractivity contribution in [3.63, 3.8) is 0 Å². The van der Waals surface area contributed by atoms with Crippen LogP contribution in [0.15, 0.2) is 22.7 Å². The first kappa shape index (κ1) is 14.4. The number of amides is 1. The summed E-state index contributed by atoms with van der Waals surface area (Å²) in [5.41, 5.74) is 0.599. The van der Waals surface area contributed by atoms with E-state index in [1.165, 1.54) is 32.1 Å². The molecule has 1 aromatic carbocycles. The molecule has 0 spiro atoms. The molecule has 1 amide bonds. The first-order chi connectivity index (χ1) is 9.20. The van der Waals surface area contributed by atoms with Crippen molar-refractivity contribution in [1.29, 1.82) is 0 Å². The molecule has 0 radical (unpaired) electrons. The van der Waals surface area contributed by atoms with Crippen LogP contribution >= 0.6 is 15.9 Å².